The molecule has 0 atom stereocenters. The number of benzene rings is 3. The van der Waals surface area contributed by atoms with E-state index in [-0.39, 0.29) is 28.3 Å². The Hall–Kier alpha value is -4.46. The van der Waals surface area contributed by atoms with Gasteiger partial charge in [0, 0.05) is 22.9 Å². The van der Waals surface area contributed by atoms with Crippen LogP contribution < -0.4 is 0 Å². The molecule has 0 saturated heterocycles. The molecule has 35 heavy (non-hydrogen) atoms. The van der Waals surface area contributed by atoms with E-state index in [9.17, 15) is 22.8 Å². The van der Waals surface area contributed by atoms with Gasteiger partial charge in [-0.3, -0.25) is 9.36 Å². The summed E-state index contributed by atoms with van der Waals surface area (Å²) in [6.45, 7) is 3.35. The van der Waals surface area contributed by atoms with Crippen molar-refractivity contribution in [3.05, 3.63) is 124 Å². The van der Waals surface area contributed by atoms with Gasteiger partial charge in [-0.15, -0.1) is 0 Å². The Morgan fingerprint density at radius 2 is 1.31 bits per heavy atom. The zero-order valence-electron chi connectivity index (χ0n) is 18.8. The molecule has 0 fully saturated rings. The summed E-state index contributed by atoms with van der Waals surface area (Å²) < 4.78 is 48.1. The minimum Gasteiger partial charge on any atom is -0.422 e. The predicted octanol–water partition coefficient (Wildman–Crippen LogP) is 5.96. The molecule has 0 bridgehead atoms. The number of aryl methyl sites for hydroxylation is 1. The topological polar surface area (TPSA) is 61.2 Å². The van der Waals surface area contributed by atoms with Crippen LogP contribution in [0.1, 0.15) is 43.5 Å². The molecule has 176 valence electrons. The standard InChI is InChI=1S/C27H19F3N2O3/c1-16-17(2)32(26(33)19-7-4-10-22(29)13-19)25(31-16)15-24(18-6-3-9-21(28)12-18)35-27(34)20-8-5-11-23(30)14-20/h3-15H,1-2H3/b24-15-. The fourth-order valence-electron chi connectivity index (χ4n) is 3.45. The van der Waals surface area contributed by atoms with Crippen LogP contribution in [-0.2, 0) is 4.74 Å². The largest absolute Gasteiger partial charge is 0.422 e. The second-order valence-electron chi connectivity index (χ2n) is 7.71. The molecule has 0 radical (unpaired) electrons. The first kappa shape index (κ1) is 23.7. The summed E-state index contributed by atoms with van der Waals surface area (Å²) in [7, 11) is 0. The molecule has 1 aromatic heterocycles. The first-order valence-corrected chi connectivity index (χ1v) is 10.5. The SMILES string of the molecule is Cc1nc(/C=C(\OC(=O)c2cccc(F)c2)c2cccc(F)c2)n(C(=O)c2cccc(F)c2)c1C. The highest BCUT2D eigenvalue weighted by molar-refractivity contribution is 5.99. The smallest absolute Gasteiger partial charge is 0.343 e. The highest BCUT2D eigenvalue weighted by Crippen LogP contribution is 2.24. The molecule has 0 aliphatic carbocycles. The number of imidazole rings is 1. The molecule has 1 heterocycles. The zero-order chi connectivity index (χ0) is 25.1. The molecule has 0 unspecified atom stereocenters. The number of nitrogens with zero attached hydrogens (tertiary/aromatic N) is 2. The lowest BCUT2D eigenvalue weighted by Crippen LogP contribution is -2.16. The van der Waals surface area contributed by atoms with Gasteiger partial charge in [-0.2, -0.15) is 0 Å². The molecule has 5 nitrogen and oxygen atoms in total. The number of carbonyl (C=O) groups excluding carboxylic acids is 2. The van der Waals surface area contributed by atoms with E-state index in [4.69, 9.17) is 4.74 Å². The van der Waals surface area contributed by atoms with Gasteiger partial charge in [0.15, 0.2) is 0 Å². The number of ether oxygens (including phenoxy) is 1. The first-order chi connectivity index (χ1) is 16.7. The van der Waals surface area contributed by atoms with E-state index in [2.05, 4.69) is 4.98 Å². The first-order valence-electron chi connectivity index (χ1n) is 10.5. The van der Waals surface area contributed by atoms with E-state index in [0.717, 1.165) is 18.2 Å². The second kappa shape index (κ2) is 9.80. The van der Waals surface area contributed by atoms with Crippen LogP contribution in [0.3, 0.4) is 0 Å². The summed E-state index contributed by atoms with van der Waals surface area (Å²) in [5.74, 6) is -3.25. The van der Waals surface area contributed by atoms with E-state index >= 15 is 0 Å². The number of hydrogen-bond acceptors (Lipinski definition) is 4. The van der Waals surface area contributed by atoms with Gasteiger partial charge in [-0.1, -0.05) is 24.3 Å². The number of carbonyl (C=O) groups is 2. The van der Waals surface area contributed by atoms with Gasteiger partial charge in [0.1, 0.15) is 29.0 Å². The molecular weight excluding hydrogens is 457 g/mol. The summed E-state index contributed by atoms with van der Waals surface area (Å²) in [6.07, 6.45) is 1.31. The maximum Gasteiger partial charge on any atom is 0.343 e. The Balaban J connectivity index is 1.82. The van der Waals surface area contributed by atoms with Crippen LogP contribution >= 0.6 is 0 Å². The maximum atomic E-state index is 14.0. The van der Waals surface area contributed by atoms with E-state index < -0.39 is 29.3 Å². The Morgan fingerprint density at radius 1 is 0.800 bits per heavy atom. The lowest BCUT2D eigenvalue weighted by molar-refractivity contribution is 0.0693. The molecule has 3 aromatic carbocycles. The fourth-order valence-corrected chi connectivity index (χ4v) is 3.45. The molecular formula is C27H19F3N2O3. The summed E-state index contributed by atoms with van der Waals surface area (Å²) in [4.78, 5) is 30.4. The predicted molar refractivity (Wildman–Crippen MR) is 124 cm³/mol. The number of rotatable bonds is 5. The lowest BCUT2D eigenvalue weighted by Gasteiger charge is -2.11. The Bertz CT molecular complexity index is 1470. The Morgan fingerprint density at radius 3 is 1.91 bits per heavy atom. The van der Waals surface area contributed by atoms with Crippen molar-refractivity contribution in [3.8, 4) is 0 Å². The van der Waals surface area contributed by atoms with Crippen molar-refractivity contribution in [2.24, 2.45) is 0 Å². The lowest BCUT2D eigenvalue weighted by atomic mass is 10.1. The maximum absolute atomic E-state index is 14.0. The quantitative estimate of drug-likeness (QED) is 0.263. The van der Waals surface area contributed by atoms with Gasteiger partial charge in [-0.05, 0) is 62.4 Å². The van der Waals surface area contributed by atoms with E-state index in [1.807, 2.05) is 0 Å². The third-order valence-corrected chi connectivity index (χ3v) is 5.28. The molecule has 0 saturated carbocycles. The summed E-state index contributed by atoms with van der Waals surface area (Å²) in [6, 6.07) is 15.4. The zero-order valence-corrected chi connectivity index (χ0v) is 18.8. The van der Waals surface area contributed by atoms with Crippen LogP contribution in [0.25, 0.3) is 11.8 Å². The van der Waals surface area contributed by atoms with Crippen LogP contribution in [0.5, 0.6) is 0 Å². The van der Waals surface area contributed by atoms with E-state index in [0.29, 0.717) is 11.4 Å². The molecule has 4 aromatic rings. The number of halogens is 3. The van der Waals surface area contributed by atoms with Crippen molar-refractivity contribution in [1.29, 1.82) is 0 Å². The molecule has 0 spiro atoms. The normalized spacial score (nSPS) is 11.4. The van der Waals surface area contributed by atoms with Crippen LogP contribution in [0.4, 0.5) is 13.2 Å². The molecule has 8 heteroatoms. The molecule has 0 amide bonds. The van der Waals surface area contributed by atoms with Crippen molar-refractivity contribution >= 4 is 23.7 Å². The molecule has 0 aliphatic heterocycles. The van der Waals surface area contributed by atoms with Gasteiger partial charge >= 0.3 is 5.97 Å². The van der Waals surface area contributed by atoms with E-state index in [1.165, 1.54) is 65.2 Å². The van der Waals surface area contributed by atoms with Gasteiger partial charge in [0.2, 0.25) is 0 Å². The monoisotopic (exact) mass is 476 g/mol. The number of aromatic nitrogens is 2. The fraction of sp³-hybridized carbons (Fsp3) is 0.0741. The molecule has 0 N–H and O–H groups in total. The van der Waals surface area contributed by atoms with Crippen molar-refractivity contribution in [2.75, 3.05) is 0 Å². The van der Waals surface area contributed by atoms with Crippen LogP contribution in [0.2, 0.25) is 0 Å². The van der Waals surface area contributed by atoms with Gasteiger partial charge in [-0.25, -0.2) is 22.9 Å². The van der Waals surface area contributed by atoms with Gasteiger partial charge < -0.3 is 4.74 Å². The van der Waals surface area contributed by atoms with Crippen LogP contribution in [-0.4, -0.2) is 21.4 Å². The van der Waals surface area contributed by atoms with Crippen molar-refractivity contribution in [2.45, 2.75) is 13.8 Å². The third kappa shape index (κ3) is 5.22. The highest BCUT2D eigenvalue weighted by atomic mass is 19.1. The Kier molecular flexibility index (Phi) is 6.64. The summed E-state index contributed by atoms with van der Waals surface area (Å²) in [5, 5.41) is 0. The van der Waals surface area contributed by atoms with E-state index in [1.54, 1.807) is 13.8 Å². The minimum absolute atomic E-state index is 0.0566. The molecule has 0 aliphatic rings. The second-order valence-corrected chi connectivity index (χ2v) is 7.71. The molecule has 4 rings (SSSR count). The average Bonchev–Trinajstić information content (AvgIpc) is 3.10. The number of esters is 1. The van der Waals surface area contributed by atoms with Crippen molar-refractivity contribution in [1.82, 2.24) is 9.55 Å². The summed E-state index contributed by atoms with van der Waals surface area (Å²) >= 11 is 0. The minimum atomic E-state index is -0.886. The van der Waals surface area contributed by atoms with Crippen LogP contribution in [0, 0.1) is 31.3 Å². The average molecular weight is 476 g/mol. The van der Waals surface area contributed by atoms with Crippen molar-refractivity contribution < 1.29 is 27.5 Å². The number of hydrogen-bond donors (Lipinski definition) is 0. The van der Waals surface area contributed by atoms with Crippen LogP contribution in [0.15, 0.2) is 72.8 Å². The highest BCUT2D eigenvalue weighted by Gasteiger charge is 2.21. The Labute approximate surface area is 199 Å². The summed E-state index contributed by atoms with van der Waals surface area (Å²) in [5.41, 5.74) is 1.22. The third-order valence-electron chi connectivity index (χ3n) is 5.28. The van der Waals surface area contributed by atoms with Gasteiger partial charge in [0.25, 0.3) is 5.91 Å². The van der Waals surface area contributed by atoms with Gasteiger partial charge in [0.05, 0.1) is 11.3 Å². The van der Waals surface area contributed by atoms with Crippen molar-refractivity contribution in [3.63, 3.8) is 0 Å².